The van der Waals surface area contributed by atoms with Crippen LogP contribution in [0.1, 0.15) is 5.56 Å². The Bertz CT molecular complexity index is 269. The molecule has 0 aromatic carbocycles. The van der Waals surface area contributed by atoms with Crippen LogP contribution in [-0.4, -0.2) is 27.7 Å². The number of aryl methyl sites for hydroxylation is 1. The van der Waals surface area contributed by atoms with Crippen LogP contribution < -0.4 is 0 Å². The first kappa shape index (κ1) is 10.1. The maximum Gasteiger partial charge on any atom is 0.394 e. The second-order valence-corrected chi connectivity index (χ2v) is 2.62. The number of nitrogens with zero attached hydrogens (tertiary/aromatic N) is 1. The lowest BCUT2D eigenvalue weighted by Crippen LogP contribution is -1.89. The van der Waals surface area contributed by atoms with E-state index < -0.39 is 10.4 Å². The van der Waals surface area contributed by atoms with Gasteiger partial charge in [-0.15, -0.1) is 0 Å². The molecule has 7 heteroatoms. The van der Waals surface area contributed by atoms with Gasteiger partial charge in [-0.1, -0.05) is 0 Å². The topological polar surface area (TPSA) is 103 Å². The number of nitrogens with one attached hydrogen (secondary N) is 1. The first-order valence-electron chi connectivity index (χ1n) is 2.55. The van der Waals surface area contributed by atoms with E-state index in [1.165, 1.54) is 5.56 Å². The summed E-state index contributed by atoms with van der Waals surface area (Å²) in [5.74, 6) is 0. The molecule has 6 nitrogen and oxygen atoms in total. The highest BCUT2D eigenvalue weighted by atomic mass is 32.3. The van der Waals surface area contributed by atoms with E-state index in [9.17, 15) is 0 Å². The molecule has 0 aliphatic carbocycles. The summed E-state index contributed by atoms with van der Waals surface area (Å²) >= 11 is 0. The molecular formula is C4H8N2O4S. The molecule has 0 radical (unpaired) electrons. The number of H-pyrrole nitrogens is 1. The van der Waals surface area contributed by atoms with Crippen LogP contribution in [0.25, 0.3) is 0 Å². The van der Waals surface area contributed by atoms with E-state index >= 15 is 0 Å². The lowest BCUT2D eigenvalue weighted by atomic mass is 10.4. The Morgan fingerprint density at radius 1 is 1.55 bits per heavy atom. The Balaban J connectivity index is 0.000000187. The first-order valence-corrected chi connectivity index (χ1v) is 3.94. The summed E-state index contributed by atoms with van der Waals surface area (Å²) in [6.07, 6.45) is 3.62. The second-order valence-electron chi connectivity index (χ2n) is 1.72. The minimum atomic E-state index is -4.67. The summed E-state index contributed by atoms with van der Waals surface area (Å²) in [5, 5.41) is 6.38. The van der Waals surface area contributed by atoms with E-state index in [1.807, 2.05) is 13.1 Å². The lowest BCUT2D eigenvalue weighted by Gasteiger charge is -1.68. The van der Waals surface area contributed by atoms with Crippen LogP contribution in [-0.2, 0) is 10.4 Å². The molecule has 0 unspecified atom stereocenters. The molecule has 1 heterocycles. The quantitative estimate of drug-likeness (QED) is 0.490. The summed E-state index contributed by atoms with van der Waals surface area (Å²) < 4.78 is 31.6. The fourth-order valence-corrected chi connectivity index (χ4v) is 0.315. The van der Waals surface area contributed by atoms with E-state index in [0.717, 1.165) is 0 Å². The first-order chi connectivity index (χ1) is 4.89. The number of rotatable bonds is 0. The van der Waals surface area contributed by atoms with Gasteiger partial charge in [0, 0.05) is 6.20 Å². The molecule has 0 saturated carbocycles. The predicted octanol–water partition coefficient (Wildman–Crippen LogP) is 0.0653. The number of aromatic amines is 1. The smallest absolute Gasteiger partial charge is 0.285 e. The van der Waals surface area contributed by atoms with Crippen molar-refractivity contribution < 1.29 is 17.5 Å². The molecule has 3 N–H and O–H groups in total. The van der Waals surface area contributed by atoms with Gasteiger partial charge in [0.1, 0.15) is 0 Å². The zero-order chi connectivity index (χ0) is 8.91. The molecule has 1 rings (SSSR count). The van der Waals surface area contributed by atoms with Gasteiger partial charge in [0.25, 0.3) is 0 Å². The van der Waals surface area contributed by atoms with Crippen molar-refractivity contribution in [2.45, 2.75) is 6.92 Å². The standard InChI is InChI=1S/C4H6N2.H2O4S/c1-4-2-5-6-3-4;1-5(2,3)4/h2-3H,1H3,(H,5,6);(H2,1,2,3,4). The average Bonchev–Trinajstić information content (AvgIpc) is 2.12. The largest absolute Gasteiger partial charge is 0.394 e. The Labute approximate surface area is 63.8 Å². The third kappa shape index (κ3) is 12.3. The summed E-state index contributed by atoms with van der Waals surface area (Å²) in [4.78, 5) is 0. The SMILES string of the molecule is Cc1cn[nH]c1.O=S(=O)(O)O. The van der Waals surface area contributed by atoms with Crippen molar-refractivity contribution in [1.29, 1.82) is 0 Å². The van der Waals surface area contributed by atoms with Crippen molar-refractivity contribution in [3.05, 3.63) is 18.0 Å². The predicted molar refractivity (Wildman–Crippen MR) is 37.5 cm³/mol. The van der Waals surface area contributed by atoms with Gasteiger partial charge in [-0.2, -0.15) is 13.5 Å². The highest BCUT2D eigenvalue weighted by molar-refractivity contribution is 7.79. The normalized spacial score (nSPS) is 10.1. The third-order valence-corrected chi connectivity index (χ3v) is 0.635. The number of hydrogen-bond acceptors (Lipinski definition) is 3. The van der Waals surface area contributed by atoms with E-state index in [0.29, 0.717) is 0 Å². The summed E-state index contributed by atoms with van der Waals surface area (Å²) in [6, 6.07) is 0. The van der Waals surface area contributed by atoms with Crippen molar-refractivity contribution in [3.8, 4) is 0 Å². The Hall–Kier alpha value is -0.920. The zero-order valence-electron chi connectivity index (χ0n) is 5.72. The van der Waals surface area contributed by atoms with Crippen LogP contribution in [0, 0.1) is 6.92 Å². The molecule has 11 heavy (non-hydrogen) atoms. The van der Waals surface area contributed by atoms with E-state index in [4.69, 9.17) is 17.5 Å². The molecular weight excluding hydrogens is 172 g/mol. The Morgan fingerprint density at radius 2 is 2.00 bits per heavy atom. The molecule has 0 bridgehead atoms. The Morgan fingerprint density at radius 3 is 2.09 bits per heavy atom. The van der Waals surface area contributed by atoms with Crippen molar-refractivity contribution in [2.75, 3.05) is 0 Å². The van der Waals surface area contributed by atoms with E-state index in [-0.39, 0.29) is 0 Å². The Kier molecular flexibility index (Phi) is 3.72. The van der Waals surface area contributed by atoms with Crippen molar-refractivity contribution in [2.24, 2.45) is 0 Å². The van der Waals surface area contributed by atoms with Crippen molar-refractivity contribution >= 4 is 10.4 Å². The molecule has 1 aromatic rings. The molecule has 0 fully saturated rings. The monoisotopic (exact) mass is 180 g/mol. The van der Waals surface area contributed by atoms with Gasteiger partial charge in [0.15, 0.2) is 0 Å². The minimum Gasteiger partial charge on any atom is -0.285 e. The summed E-state index contributed by atoms with van der Waals surface area (Å²) in [7, 11) is -4.67. The van der Waals surface area contributed by atoms with Crippen LogP contribution in [0.5, 0.6) is 0 Å². The van der Waals surface area contributed by atoms with Crippen molar-refractivity contribution in [1.82, 2.24) is 10.2 Å². The summed E-state index contributed by atoms with van der Waals surface area (Å²) in [5.41, 5.74) is 1.18. The second kappa shape index (κ2) is 4.06. The lowest BCUT2D eigenvalue weighted by molar-refractivity contribution is 0.381. The van der Waals surface area contributed by atoms with Crippen LogP contribution >= 0.6 is 0 Å². The molecule has 0 aliphatic heterocycles. The molecule has 0 saturated heterocycles. The van der Waals surface area contributed by atoms with Crippen LogP contribution in [0.3, 0.4) is 0 Å². The average molecular weight is 180 g/mol. The van der Waals surface area contributed by atoms with Gasteiger partial charge in [0.2, 0.25) is 0 Å². The molecule has 0 amide bonds. The van der Waals surface area contributed by atoms with E-state index in [1.54, 1.807) is 6.20 Å². The van der Waals surface area contributed by atoms with Gasteiger partial charge in [0.05, 0.1) is 6.20 Å². The third-order valence-electron chi connectivity index (χ3n) is 0.635. The molecule has 1 aromatic heterocycles. The van der Waals surface area contributed by atoms with Gasteiger partial charge in [-0.05, 0) is 12.5 Å². The highest BCUT2D eigenvalue weighted by Gasteiger charge is 1.84. The fourth-order valence-electron chi connectivity index (χ4n) is 0.315. The fraction of sp³-hybridized carbons (Fsp3) is 0.250. The van der Waals surface area contributed by atoms with Crippen LogP contribution in [0.2, 0.25) is 0 Å². The van der Waals surface area contributed by atoms with Gasteiger partial charge in [-0.3, -0.25) is 14.2 Å². The van der Waals surface area contributed by atoms with Crippen LogP contribution in [0.15, 0.2) is 12.4 Å². The highest BCUT2D eigenvalue weighted by Crippen LogP contribution is 1.84. The van der Waals surface area contributed by atoms with Crippen molar-refractivity contribution in [3.63, 3.8) is 0 Å². The maximum absolute atomic E-state index is 8.74. The molecule has 0 aliphatic rings. The maximum atomic E-state index is 8.74. The number of aromatic nitrogens is 2. The summed E-state index contributed by atoms with van der Waals surface area (Å²) in [6.45, 7) is 1.99. The number of hydrogen-bond donors (Lipinski definition) is 3. The van der Waals surface area contributed by atoms with E-state index in [2.05, 4.69) is 10.2 Å². The van der Waals surface area contributed by atoms with Gasteiger partial charge < -0.3 is 0 Å². The minimum absolute atomic E-state index is 1.18. The molecule has 0 atom stereocenters. The van der Waals surface area contributed by atoms with Gasteiger partial charge in [-0.25, -0.2) is 0 Å². The molecule has 0 spiro atoms. The zero-order valence-corrected chi connectivity index (χ0v) is 6.54. The van der Waals surface area contributed by atoms with Crippen LogP contribution in [0.4, 0.5) is 0 Å². The molecule has 64 valence electrons. The van der Waals surface area contributed by atoms with Gasteiger partial charge >= 0.3 is 10.4 Å².